The van der Waals surface area contributed by atoms with E-state index in [1.807, 2.05) is 6.92 Å². The molecule has 0 aliphatic rings. The Morgan fingerprint density at radius 3 is 1.88 bits per heavy atom. The molecule has 33 heavy (non-hydrogen) atoms. The number of hydrogen-bond acceptors (Lipinski definition) is 5. The van der Waals surface area contributed by atoms with Crippen molar-refractivity contribution in [1.29, 1.82) is 0 Å². The highest BCUT2D eigenvalue weighted by atomic mass is 32.2. The minimum Gasteiger partial charge on any atom is -0.326 e. The third-order valence-electron chi connectivity index (χ3n) is 4.52. The monoisotopic (exact) mass is 491 g/mol. The molecule has 0 heterocycles. The van der Waals surface area contributed by atoms with Crippen LogP contribution in [0, 0.1) is 12.7 Å². The third-order valence-corrected chi connectivity index (χ3v) is 7.39. The Kier molecular flexibility index (Phi) is 7.46. The lowest BCUT2D eigenvalue weighted by Gasteiger charge is -2.10. The van der Waals surface area contributed by atoms with Crippen molar-refractivity contribution in [2.45, 2.75) is 23.1 Å². The normalized spacial score (nSPS) is 11.7. The Morgan fingerprint density at radius 1 is 0.758 bits per heavy atom. The lowest BCUT2D eigenvalue weighted by Crippen LogP contribution is -2.27. The van der Waals surface area contributed by atoms with Gasteiger partial charge < -0.3 is 5.32 Å². The van der Waals surface area contributed by atoms with E-state index < -0.39 is 31.8 Å². The molecule has 1 amide bonds. The van der Waals surface area contributed by atoms with E-state index in [0.717, 1.165) is 29.8 Å². The number of aryl methyl sites for hydroxylation is 1. The average molecular weight is 492 g/mol. The van der Waals surface area contributed by atoms with Gasteiger partial charge in [-0.15, -0.1) is 0 Å². The van der Waals surface area contributed by atoms with Crippen molar-refractivity contribution in [2.75, 3.05) is 16.6 Å². The maximum absolute atomic E-state index is 12.9. The van der Waals surface area contributed by atoms with Gasteiger partial charge in [0.05, 0.1) is 9.79 Å². The Labute approximate surface area is 192 Å². The fourth-order valence-electron chi connectivity index (χ4n) is 2.77. The summed E-state index contributed by atoms with van der Waals surface area (Å²) in [5.74, 6) is -0.993. The van der Waals surface area contributed by atoms with Crippen LogP contribution in [-0.4, -0.2) is 29.3 Å². The van der Waals surface area contributed by atoms with Crippen molar-refractivity contribution in [1.82, 2.24) is 4.72 Å². The molecule has 8 nitrogen and oxygen atoms in total. The van der Waals surface area contributed by atoms with Gasteiger partial charge in [-0.05, 0) is 67.6 Å². The van der Waals surface area contributed by atoms with Crippen molar-refractivity contribution in [2.24, 2.45) is 0 Å². The largest absolute Gasteiger partial charge is 0.326 e. The van der Waals surface area contributed by atoms with Crippen LogP contribution < -0.4 is 14.8 Å². The van der Waals surface area contributed by atoms with Gasteiger partial charge in [0.2, 0.25) is 15.9 Å². The van der Waals surface area contributed by atoms with E-state index in [-0.39, 0.29) is 22.8 Å². The van der Waals surface area contributed by atoms with E-state index in [1.165, 1.54) is 36.4 Å². The van der Waals surface area contributed by atoms with Gasteiger partial charge in [0.25, 0.3) is 10.0 Å². The second kappa shape index (κ2) is 10.1. The van der Waals surface area contributed by atoms with E-state index in [9.17, 15) is 26.0 Å². The number of halogens is 1. The van der Waals surface area contributed by atoms with Crippen molar-refractivity contribution in [3.8, 4) is 0 Å². The van der Waals surface area contributed by atoms with Gasteiger partial charge in [0.15, 0.2) is 0 Å². The second-order valence-electron chi connectivity index (χ2n) is 7.15. The van der Waals surface area contributed by atoms with E-state index in [2.05, 4.69) is 14.8 Å². The first-order chi connectivity index (χ1) is 15.5. The van der Waals surface area contributed by atoms with Crippen molar-refractivity contribution in [3.63, 3.8) is 0 Å². The fraction of sp³-hybridized carbons (Fsp3) is 0.136. The summed E-state index contributed by atoms with van der Waals surface area (Å²) in [5.41, 5.74) is 1.68. The summed E-state index contributed by atoms with van der Waals surface area (Å²) < 4.78 is 66.8. The molecule has 11 heteroatoms. The number of amides is 1. The highest BCUT2D eigenvalue weighted by Gasteiger charge is 2.15. The molecule has 0 radical (unpaired) electrons. The zero-order chi connectivity index (χ0) is 24.1. The number of carbonyl (C=O) groups excluding carboxylic acids is 1. The molecule has 0 unspecified atom stereocenters. The SMILES string of the molecule is Cc1ccc(S(=O)(=O)Nc2ccc(NC(=O)CCNS(=O)(=O)c3ccc(F)cc3)cc2)cc1. The van der Waals surface area contributed by atoms with Crippen LogP contribution in [0.15, 0.2) is 82.6 Å². The smallest absolute Gasteiger partial charge is 0.261 e. The number of carbonyl (C=O) groups is 1. The summed E-state index contributed by atoms with van der Waals surface area (Å²) >= 11 is 0. The predicted octanol–water partition coefficient (Wildman–Crippen LogP) is 3.24. The van der Waals surface area contributed by atoms with Crippen LogP contribution in [0.5, 0.6) is 0 Å². The molecule has 0 aromatic heterocycles. The molecular weight excluding hydrogens is 469 g/mol. The van der Waals surface area contributed by atoms with Gasteiger partial charge in [-0.3, -0.25) is 9.52 Å². The van der Waals surface area contributed by atoms with Crippen molar-refractivity contribution >= 4 is 37.3 Å². The maximum Gasteiger partial charge on any atom is 0.261 e. The number of nitrogens with one attached hydrogen (secondary N) is 3. The Bertz CT molecular complexity index is 1320. The minimum atomic E-state index is -3.86. The molecule has 174 valence electrons. The molecule has 3 N–H and O–H groups in total. The highest BCUT2D eigenvalue weighted by molar-refractivity contribution is 7.92. The first-order valence-corrected chi connectivity index (χ1v) is 12.8. The maximum atomic E-state index is 12.9. The van der Waals surface area contributed by atoms with Crippen LogP contribution in [0.3, 0.4) is 0 Å². The first kappa shape index (κ1) is 24.4. The number of benzene rings is 3. The summed E-state index contributed by atoms with van der Waals surface area (Å²) in [6, 6.07) is 16.8. The molecule has 3 rings (SSSR count). The van der Waals surface area contributed by atoms with Crippen LogP contribution in [0.4, 0.5) is 15.8 Å². The van der Waals surface area contributed by atoms with E-state index in [0.29, 0.717) is 11.4 Å². The fourth-order valence-corrected chi connectivity index (χ4v) is 4.86. The summed E-state index contributed by atoms with van der Waals surface area (Å²) in [5, 5.41) is 2.60. The number of rotatable bonds is 9. The van der Waals surface area contributed by atoms with Crippen LogP contribution in [0.25, 0.3) is 0 Å². The highest BCUT2D eigenvalue weighted by Crippen LogP contribution is 2.19. The summed E-state index contributed by atoms with van der Waals surface area (Å²) in [6.07, 6.45) is -0.137. The van der Waals surface area contributed by atoms with Crippen LogP contribution in [0.1, 0.15) is 12.0 Å². The van der Waals surface area contributed by atoms with E-state index >= 15 is 0 Å². The van der Waals surface area contributed by atoms with Crippen molar-refractivity contribution in [3.05, 3.63) is 84.2 Å². The van der Waals surface area contributed by atoms with Crippen LogP contribution in [0.2, 0.25) is 0 Å². The molecule has 0 aliphatic heterocycles. The third kappa shape index (κ3) is 6.85. The molecule has 0 atom stereocenters. The lowest BCUT2D eigenvalue weighted by atomic mass is 10.2. The van der Waals surface area contributed by atoms with Gasteiger partial charge >= 0.3 is 0 Å². The molecule has 0 fully saturated rings. The summed E-state index contributed by atoms with van der Waals surface area (Å²) in [6.45, 7) is 1.71. The summed E-state index contributed by atoms with van der Waals surface area (Å²) in [4.78, 5) is 12.1. The Balaban J connectivity index is 1.51. The molecule has 0 bridgehead atoms. The predicted molar refractivity (Wildman–Crippen MR) is 123 cm³/mol. The van der Waals surface area contributed by atoms with E-state index in [4.69, 9.17) is 0 Å². The Morgan fingerprint density at radius 2 is 1.27 bits per heavy atom. The van der Waals surface area contributed by atoms with Crippen molar-refractivity contribution < 1.29 is 26.0 Å². The molecule has 3 aromatic carbocycles. The topological polar surface area (TPSA) is 121 Å². The average Bonchev–Trinajstić information content (AvgIpc) is 2.75. The van der Waals surface area contributed by atoms with Crippen LogP contribution in [-0.2, 0) is 24.8 Å². The standard InChI is InChI=1S/C22H22FN3O5S2/c1-16-2-10-21(11-3-16)33(30,31)26-19-8-6-18(7-9-19)25-22(27)14-15-24-32(28,29)20-12-4-17(23)5-13-20/h2-13,24,26H,14-15H2,1H3,(H,25,27). The molecule has 0 saturated heterocycles. The molecule has 3 aromatic rings. The quantitative estimate of drug-likeness (QED) is 0.424. The first-order valence-electron chi connectivity index (χ1n) is 9.80. The van der Waals surface area contributed by atoms with Gasteiger partial charge in [-0.2, -0.15) is 0 Å². The molecule has 0 spiro atoms. The second-order valence-corrected chi connectivity index (χ2v) is 10.6. The zero-order valence-corrected chi connectivity index (χ0v) is 19.2. The van der Waals surface area contributed by atoms with E-state index in [1.54, 1.807) is 12.1 Å². The zero-order valence-electron chi connectivity index (χ0n) is 17.6. The number of sulfonamides is 2. The van der Waals surface area contributed by atoms with Gasteiger partial charge in [-0.25, -0.2) is 25.9 Å². The van der Waals surface area contributed by atoms with Gasteiger partial charge in [-0.1, -0.05) is 17.7 Å². The van der Waals surface area contributed by atoms with Gasteiger partial charge in [0, 0.05) is 24.3 Å². The summed E-state index contributed by atoms with van der Waals surface area (Å²) in [7, 11) is -7.60. The number of anilines is 2. The Hall–Kier alpha value is -3.28. The lowest BCUT2D eigenvalue weighted by molar-refractivity contribution is -0.116. The molecule has 0 aliphatic carbocycles. The minimum absolute atomic E-state index is 0.104. The number of hydrogen-bond donors (Lipinski definition) is 3. The molecule has 0 saturated carbocycles. The van der Waals surface area contributed by atoms with Gasteiger partial charge in [0.1, 0.15) is 5.82 Å². The van der Waals surface area contributed by atoms with Crippen LogP contribution >= 0.6 is 0 Å². The molecular formula is C22H22FN3O5S2.